The number of methoxy groups -OCH3 is 1. The van der Waals surface area contributed by atoms with Crippen LogP contribution < -0.4 is 4.74 Å². The van der Waals surface area contributed by atoms with Gasteiger partial charge in [-0.15, -0.1) is 0 Å². The number of nitrogens with one attached hydrogen (secondary N) is 1. The number of aromatic amines is 1. The van der Waals surface area contributed by atoms with Gasteiger partial charge in [-0.1, -0.05) is 6.07 Å². The Labute approximate surface area is 176 Å². The molecule has 6 heterocycles. The van der Waals surface area contributed by atoms with Gasteiger partial charge in [0.2, 0.25) is 0 Å². The smallest absolute Gasteiger partial charge is 0.258 e. The number of fused-ring (bicyclic) bond motifs is 3. The third-order valence-electron chi connectivity index (χ3n) is 5.82. The molecule has 31 heavy (non-hydrogen) atoms. The molecule has 0 bridgehead atoms. The van der Waals surface area contributed by atoms with Gasteiger partial charge in [0, 0.05) is 31.1 Å². The van der Waals surface area contributed by atoms with Crippen LogP contribution in [0.25, 0.3) is 11.0 Å². The van der Waals surface area contributed by atoms with Crippen LogP contribution in [0.2, 0.25) is 0 Å². The first-order chi connectivity index (χ1) is 15.2. The normalized spacial score (nSPS) is 16.0. The number of amides is 1. The summed E-state index contributed by atoms with van der Waals surface area (Å²) >= 11 is 0. The van der Waals surface area contributed by atoms with E-state index in [0.717, 1.165) is 33.9 Å². The third kappa shape index (κ3) is 2.63. The van der Waals surface area contributed by atoms with E-state index in [9.17, 15) is 4.79 Å². The lowest BCUT2D eigenvalue weighted by Crippen LogP contribution is -2.41. The standard InChI is InChI=1S/C22H19N7O2/c1-31-19-6-4-9-29-18(19)11-16(26-29)21-20-15(23-13-24-20)7-10-27(21)22(30)14-12-25-28-8-3-2-5-17(14)28/h2-6,8-9,11-13,21H,7,10H2,1H3,(H,23,24). The fraction of sp³-hybridized carbons (Fsp3) is 0.182. The molecule has 0 saturated heterocycles. The summed E-state index contributed by atoms with van der Waals surface area (Å²) in [5, 5.41) is 9.10. The molecule has 1 amide bonds. The topological polar surface area (TPSA) is 92.8 Å². The van der Waals surface area contributed by atoms with Crippen molar-refractivity contribution in [1.29, 1.82) is 0 Å². The Kier molecular flexibility index (Phi) is 3.82. The summed E-state index contributed by atoms with van der Waals surface area (Å²) in [6.45, 7) is 0.549. The summed E-state index contributed by atoms with van der Waals surface area (Å²) in [6, 6.07) is 11.0. The van der Waals surface area contributed by atoms with Gasteiger partial charge in [-0.2, -0.15) is 10.2 Å². The Morgan fingerprint density at radius 1 is 1.16 bits per heavy atom. The van der Waals surface area contributed by atoms with Gasteiger partial charge in [-0.25, -0.2) is 14.0 Å². The monoisotopic (exact) mass is 413 g/mol. The number of rotatable bonds is 3. The molecule has 154 valence electrons. The lowest BCUT2D eigenvalue weighted by atomic mass is 9.98. The van der Waals surface area contributed by atoms with Crippen molar-refractivity contribution in [3.8, 4) is 5.75 Å². The van der Waals surface area contributed by atoms with Crippen LogP contribution in [0.5, 0.6) is 5.75 Å². The van der Waals surface area contributed by atoms with Crippen molar-refractivity contribution in [2.75, 3.05) is 13.7 Å². The van der Waals surface area contributed by atoms with E-state index in [-0.39, 0.29) is 5.91 Å². The summed E-state index contributed by atoms with van der Waals surface area (Å²) < 4.78 is 8.97. The highest BCUT2D eigenvalue weighted by atomic mass is 16.5. The molecule has 5 aromatic heterocycles. The number of hydrogen-bond acceptors (Lipinski definition) is 5. The van der Waals surface area contributed by atoms with Gasteiger partial charge in [0.05, 0.1) is 42.1 Å². The van der Waals surface area contributed by atoms with Crippen molar-refractivity contribution in [2.45, 2.75) is 12.5 Å². The van der Waals surface area contributed by atoms with Crippen molar-refractivity contribution in [2.24, 2.45) is 0 Å². The minimum atomic E-state index is -0.411. The molecule has 0 spiro atoms. The zero-order chi connectivity index (χ0) is 20.9. The number of imidazole rings is 1. The van der Waals surface area contributed by atoms with Crippen molar-refractivity contribution in [3.05, 3.63) is 84.0 Å². The predicted molar refractivity (Wildman–Crippen MR) is 112 cm³/mol. The Hall–Kier alpha value is -4.14. The lowest BCUT2D eigenvalue weighted by molar-refractivity contribution is 0.0689. The zero-order valence-corrected chi connectivity index (χ0v) is 16.8. The van der Waals surface area contributed by atoms with Gasteiger partial charge >= 0.3 is 0 Å². The van der Waals surface area contributed by atoms with E-state index in [1.165, 1.54) is 0 Å². The van der Waals surface area contributed by atoms with E-state index in [4.69, 9.17) is 9.84 Å². The molecule has 1 aliphatic rings. The molecule has 0 aliphatic carbocycles. The average Bonchev–Trinajstić information content (AvgIpc) is 3.54. The number of ether oxygens (including phenoxy) is 1. The highest BCUT2D eigenvalue weighted by Gasteiger charge is 2.37. The van der Waals surface area contributed by atoms with Crippen LogP contribution in [0.1, 0.15) is 33.5 Å². The van der Waals surface area contributed by atoms with Crippen LogP contribution in [-0.4, -0.2) is 53.7 Å². The molecule has 1 atom stereocenters. The van der Waals surface area contributed by atoms with Gasteiger partial charge in [-0.3, -0.25) is 4.79 Å². The zero-order valence-electron chi connectivity index (χ0n) is 16.8. The molecular weight excluding hydrogens is 394 g/mol. The van der Waals surface area contributed by atoms with Gasteiger partial charge in [0.25, 0.3) is 5.91 Å². The summed E-state index contributed by atoms with van der Waals surface area (Å²) in [6.07, 6.45) is 7.71. The SMILES string of the molecule is COc1cccn2nc(C3c4nc[nH]c4CCN3C(=O)c3cnn4ccccc34)cc12. The first kappa shape index (κ1) is 17.7. The van der Waals surface area contributed by atoms with Gasteiger partial charge in [0.15, 0.2) is 0 Å². The number of H-pyrrole nitrogens is 1. The largest absolute Gasteiger partial charge is 0.494 e. The molecule has 6 rings (SSSR count). The Bertz CT molecular complexity index is 1430. The number of carbonyl (C=O) groups excluding carboxylic acids is 1. The summed E-state index contributed by atoms with van der Waals surface area (Å²) in [7, 11) is 1.63. The van der Waals surface area contributed by atoms with Crippen LogP contribution in [0.4, 0.5) is 0 Å². The van der Waals surface area contributed by atoms with Gasteiger partial charge in [0.1, 0.15) is 17.3 Å². The maximum absolute atomic E-state index is 13.7. The number of pyridine rings is 2. The number of hydrogen-bond donors (Lipinski definition) is 1. The predicted octanol–water partition coefficient (Wildman–Crippen LogP) is 2.50. The summed E-state index contributed by atoms with van der Waals surface area (Å²) in [5.41, 5.74) is 4.76. The van der Waals surface area contributed by atoms with E-state index in [2.05, 4.69) is 15.1 Å². The maximum atomic E-state index is 13.7. The summed E-state index contributed by atoms with van der Waals surface area (Å²) in [4.78, 5) is 23.3. The molecule has 1 unspecified atom stereocenters. The first-order valence-corrected chi connectivity index (χ1v) is 10.0. The van der Waals surface area contributed by atoms with Gasteiger partial charge < -0.3 is 14.6 Å². The molecule has 0 radical (unpaired) electrons. The van der Waals surface area contributed by atoms with Crippen LogP contribution in [0.15, 0.2) is 61.3 Å². The van der Waals surface area contributed by atoms with E-state index < -0.39 is 6.04 Å². The van der Waals surface area contributed by atoms with Crippen molar-refractivity contribution >= 4 is 16.9 Å². The van der Waals surface area contributed by atoms with Crippen molar-refractivity contribution in [3.63, 3.8) is 0 Å². The molecule has 0 saturated carbocycles. The Balaban J connectivity index is 1.50. The second kappa shape index (κ2) is 6.69. The van der Waals surface area contributed by atoms with E-state index in [0.29, 0.717) is 18.5 Å². The third-order valence-corrected chi connectivity index (χ3v) is 5.82. The quantitative estimate of drug-likeness (QED) is 0.491. The maximum Gasteiger partial charge on any atom is 0.258 e. The first-order valence-electron chi connectivity index (χ1n) is 10.0. The van der Waals surface area contributed by atoms with Crippen LogP contribution >= 0.6 is 0 Å². The second-order valence-corrected chi connectivity index (χ2v) is 7.48. The van der Waals surface area contributed by atoms with Crippen molar-refractivity contribution in [1.82, 2.24) is 34.1 Å². The van der Waals surface area contributed by atoms with E-state index >= 15 is 0 Å². The van der Waals surface area contributed by atoms with Crippen LogP contribution in [0, 0.1) is 0 Å². The molecule has 5 aromatic rings. The molecule has 0 aromatic carbocycles. The Morgan fingerprint density at radius 3 is 2.97 bits per heavy atom. The molecule has 9 nitrogen and oxygen atoms in total. The minimum absolute atomic E-state index is 0.0936. The fourth-order valence-corrected chi connectivity index (χ4v) is 4.36. The number of carbonyl (C=O) groups is 1. The molecule has 0 fully saturated rings. The minimum Gasteiger partial charge on any atom is -0.494 e. The molecule has 1 aliphatic heterocycles. The van der Waals surface area contributed by atoms with Crippen LogP contribution in [0.3, 0.4) is 0 Å². The highest BCUT2D eigenvalue weighted by Crippen LogP contribution is 2.35. The highest BCUT2D eigenvalue weighted by molar-refractivity contribution is 6.01. The van der Waals surface area contributed by atoms with Crippen molar-refractivity contribution < 1.29 is 9.53 Å². The second-order valence-electron chi connectivity index (χ2n) is 7.48. The lowest BCUT2D eigenvalue weighted by Gasteiger charge is -2.33. The van der Waals surface area contributed by atoms with Crippen LogP contribution in [-0.2, 0) is 6.42 Å². The van der Waals surface area contributed by atoms with E-state index in [1.807, 2.05) is 53.7 Å². The Morgan fingerprint density at radius 2 is 2.06 bits per heavy atom. The van der Waals surface area contributed by atoms with Gasteiger partial charge in [-0.05, 0) is 30.3 Å². The average molecular weight is 413 g/mol. The fourth-order valence-electron chi connectivity index (χ4n) is 4.36. The molecular formula is C22H19N7O2. The van der Waals surface area contributed by atoms with E-state index in [1.54, 1.807) is 28.7 Å². The number of nitrogens with zero attached hydrogens (tertiary/aromatic N) is 6. The number of aromatic nitrogens is 6. The molecule has 1 N–H and O–H groups in total. The molecule has 9 heteroatoms. The summed E-state index contributed by atoms with van der Waals surface area (Å²) in [5.74, 6) is 0.628.